The van der Waals surface area contributed by atoms with E-state index in [0.717, 1.165) is 34.1 Å². The van der Waals surface area contributed by atoms with E-state index in [0.29, 0.717) is 0 Å². The van der Waals surface area contributed by atoms with Gasteiger partial charge in [0.15, 0.2) is 0 Å². The number of hydrogen-bond donors (Lipinski definition) is 0. The summed E-state index contributed by atoms with van der Waals surface area (Å²) in [6, 6.07) is 71.1. The quantitative estimate of drug-likeness (QED) is 0.144. The Labute approximate surface area is 348 Å². The Morgan fingerprint density at radius 3 is 1.03 bits per heavy atom. The number of hydrogen-bond acceptors (Lipinski definition) is 4. The third-order valence-corrected chi connectivity index (χ3v) is 12.8. The number of rotatable bonds is 9. The summed E-state index contributed by atoms with van der Waals surface area (Å²) in [6.07, 6.45) is 0. The van der Waals surface area contributed by atoms with E-state index in [1.807, 2.05) is 0 Å². The molecule has 0 amide bonds. The highest BCUT2D eigenvalue weighted by molar-refractivity contribution is 7.14. The Kier molecular flexibility index (Phi) is 9.42. The Hall–Kier alpha value is -6.72. The van der Waals surface area contributed by atoms with Gasteiger partial charge >= 0.3 is 0 Å². The van der Waals surface area contributed by atoms with E-state index in [1.54, 1.807) is 22.7 Å². The van der Waals surface area contributed by atoms with Gasteiger partial charge in [0.2, 0.25) is 0 Å². The average Bonchev–Trinajstić information content (AvgIpc) is 4.02. The van der Waals surface area contributed by atoms with Gasteiger partial charge in [0.05, 0.1) is 11.4 Å². The van der Waals surface area contributed by atoms with Gasteiger partial charge in [-0.15, -0.1) is 22.7 Å². The molecule has 10 rings (SSSR count). The number of para-hydroxylation sites is 2. The molecule has 0 radical (unpaired) electrons. The molecule has 0 spiro atoms. The van der Waals surface area contributed by atoms with Crippen molar-refractivity contribution in [3.05, 3.63) is 216 Å². The van der Waals surface area contributed by atoms with E-state index in [2.05, 4.69) is 229 Å². The molecular weight excluding hydrogens is 741 g/mol. The topological polar surface area (TPSA) is 6.48 Å². The summed E-state index contributed by atoms with van der Waals surface area (Å²) in [6.45, 7) is 4.30. The van der Waals surface area contributed by atoms with Crippen molar-refractivity contribution in [3.8, 4) is 32.0 Å². The maximum atomic E-state index is 2.44. The molecule has 2 aromatic heterocycles. The maximum absolute atomic E-state index is 2.44. The molecule has 10 aromatic rings. The van der Waals surface area contributed by atoms with Crippen LogP contribution in [0.5, 0.6) is 0 Å². The fraction of sp³-hybridized carbons (Fsp3) is 0.0370. The van der Waals surface area contributed by atoms with E-state index in [-0.39, 0.29) is 0 Å². The third kappa shape index (κ3) is 6.47. The average molecular weight is 781 g/mol. The van der Waals surface area contributed by atoms with Crippen molar-refractivity contribution in [3.63, 3.8) is 0 Å². The van der Waals surface area contributed by atoms with Crippen LogP contribution in [0.15, 0.2) is 205 Å². The largest absolute Gasteiger partial charge is 0.310 e. The summed E-state index contributed by atoms with van der Waals surface area (Å²) in [5.41, 5.74) is 14.2. The summed E-state index contributed by atoms with van der Waals surface area (Å²) in [7, 11) is 0. The van der Waals surface area contributed by atoms with Crippen LogP contribution >= 0.6 is 22.7 Å². The summed E-state index contributed by atoms with van der Waals surface area (Å²) < 4.78 is 0. The summed E-state index contributed by atoms with van der Waals surface area (Å²) >= 11 is 3.59. The molecular formula is C54H40N2S2. The van der Waals surface area contributed by atoms with Gasteiger partial charge in [-0.1, -0.05) is 132 Å². The van der Waals surface area contributed by atoms with Gasteiger partial charge in [0.25, 0.3) is 0 Å². The molecule has 0 bridgehead atoms. The Morgan fingerprint density at radius 1 is 0.328 bits per heavy atom. The zero-order valence-corrected chi connectivity index (χ0v) is 34.0. The van der Waals surface area contributed by atoms with Crippen LogP contribution in [-0.4, -0.2) is 0 Å². The lowest BCUT2D eigenvalue weighted by Gasteiger charge is -2.30. The minimum Gasteiger partial charge on any atom is -0.310 e. The molecule has 0 N–H and O–H groups in total. The molecule has 0 fully saturated rings. The van der Waals surface area contributed by atoms with E-state index >= 15 is 0 Å². The molecule has 0 saturated carbocycles. The van der Waals surface area contributed by atoms with Crippen molar-refractivity contribution in [2.75, 3.05) is 9.80 Å². The van der Waals surface area contributed by atoms with Crippen LogP contribution in [0.25, 0.3) is 53.6 Å². The summed E-state index contributed by atoms with van der Waals surface area (Å²) in [4.78, 5) is 7.30. The second-order valence-electron chi connectivity index (χ2n) is 14.7. The molecule has 2 nitrogen and oxygen atoms in total. The zero-order valence-electron chi connectivity index (χ0n) is 32.3. The van der Waals surface area contributed by atoms with Crippen LogP contribution in [0.3, 0.4) is 0 Å². The Balaban J connectivity index is 1.33. The van der Waals surface area contributed by atoms with Crippen molar-refractivity contribution in [2.24, 2.45) is 0 Å². The monoisotopic (exact) mass is 780 g/mol. The number of benzene rings is 8. The predicted octanol–water partition coefficient (Wildman–Crippen LogP) is 16.7. The second-order valence-corrected chi connectivity index (χ2v) is 16.6. The highest BCUT2D eigenvalue weighted by Gasteiger charge is 2.27. The van der Waals surface area contributed by atoms with Crippen LogP contribution in [0, 0.1) is 13.8 Å². The van der Waals surface area contributed by atoms with Gasteiger partial charge in [-0.3, -0.25) is 0 Å². The second kappa shape index (κ2) is 15.3. The Morgan fingerprint density at radius 2 is 0.672 bits per heavy atom. The minimum absolute atomic E-state index is 1.12. The summed E-state index contributed by atoms with van der Waals surface area (Å²) in [5, 5.41) is 9.21. The highest BCUT2D eigenvalue weighted by Crippen LogP contribution is 2.54. The molecule has 58 heavy (non-hydrogen) atoms. The Bertz CT molecular complexity index is 2780. The molecule has 0 saturated heterocycles. The van der Waals surface area contributed by atoms with Crippen LogP contribution in [0.4, 0.5) is 34.1 Å². The third-order valence-electron chi connectivity index (χ3n) is 11.0. The van der Waals surface area contributed by atoms with Crippen molar-refractivity contribution < 1.29 is 0 Å². The molecule has 8 aromatic carbocycles. The normalized spacial score (nSPS) is 11.3. The lowest BCUT2D eigenvalue weighted by molar-refractivity contribution is 1.29. The first-order chi connectivity index (χ1) is 28.6. The molecule has 0 aliphatic heterocycles. The van der Waals surface area contributed by atoms with Gasteiger partial charge < -0.3 is 9.80 Å². The smallest absolute Gasteiger partial charge is 0.0546 e. The first-order valence-electron chi connectivity index (χ1n) is 19.7. The minimum atomic E-state index is 1.12. The van der Waals surface area contributed by atoms with Gasteiger partial charge in [-0.2, -0.15) is 0 Å². The van der Waals surface area contributed by atoms with Crippen molar-refractivity contribution >= 4 is 78.3 Å². The number of nitrogens with zero attached hydrogens (tertiary/aromatic N) is 2. The van der Waals surface area contributed by atoms with Gasteiger partial charge in [0.1, 0.15) is 0 Å². The molecule has 0 atom stereocenters. The number of thiophene rings is 2. The fourth-order valence-electron chi connectivity index (χ4n) is 8.27. The first kappa shape index (κ1) is 35.7. The fourth-order valence-corrected chi connectivity index (χ4v) is 9.77. The molecule has 0 aliphatic carbocycles. The highest BCUT2D eigenvalue weighted by atomic mass is 32.1. The molecule has 4 heteroatoms. The van der Waals surface area contributed by atoms with Crippen LogP contribution in [0.1, 0.15) is 11.1 Å². The SMILES string of the molecule is Cc1ccc(N(c2ccccc2)c2cc(-c3cccs3)c(-c3c(-c4cccs4)cc(N(c4ccccc4)c4ccc(C)cc4)c4ccccc34)c3ccccc23)cc1. The van der Waals surface area contributed by atoms with Crippen molar-refractivity contribution in [2.45, 2.75) is 13.8 Å². The lowest BCUT2D eigenvalue weighted by Crippen LogP contribution is -2.12. The van der Waals surface area contributed by atoms with Crippen molar-refractivity contribution in [1.29, 1.82) is 0 Å². The number of fused-ring (bicyclic) bond motifs is 2. The molecule has 2 heterocycles. The maximum Gasteiger partial charge on any atom is 0.0546 e. The van der Waals surface area contributed by atoms with Crippen LogP contribution in [0.2, 0.25) is 0 Å². The van der Waals surface area contributed by atoms with Gasteiger partial charge in [0, 0.05) is 54.4 Å². The molecule has 278 valence electrons. The van der Waals surface area contributed by atoms with E-state index in [1.165, 1.54) is 64.7 Å². The van der Waals surface area contributed by atoms with Crippen molar-refractivity contribution in [1.82, 2.24) is 0 Å². The van der Waals surface area contributed by atoms with E-state index in [4.69, 9.17) is 0 Å². The zero-order chi connectivity index (χ0) is 39.0. The first-order valence-corrected chi connectivity index (χ1v) is 21.4. The van der Waals surface area contributed by atoms with Gasteiger partial charge in [-0.25, -0.2) is 0 Å². The van der Waals surface area contributed by atoms with E-state index < -0.39 is 0 Å². The number of aryl methyl sites for hydroxylation is 2. The van der Waals surface area contributed by atoms with Crippen LogP contribution in [-0.2, 0) is 0 Å². The number of anilines is 6. The predicted molar refractivity (Wildman–Crippen MR) is 252 cm³/mol. The van der Waals surface area contributed by atoms with E-state index in [9.17, 15) is 0 Å². The van der Waals surface area contributed by atoms with Crippen LogP contribution < -0.4 is 9.80 Å². The standard InChI is InChI=1S/C54H40N2S2/c1-37-25-29-41(30-26-37)55(39-15-5-3-6-16-39)49-35-47(51-23-13-33-57-51)53(45-21-11-9-19-43(45)49)54-46-22-12-10-20-44(46)50(36-48(54)52-24-14-34-58-52)56(40-17-7-4-8-18-40)42-31-27-38(2)28-32-42/h3-36H,1-2H3. The van der Waals surface area contributed by atoms with Gasteiger partial charge in [-0.05, 0) is 119 Å². The summed E-state index contributed by atoms with van der Waals surface area (Å²) in [5.74, 6) is 0. The molecule has 0 aliphatic rings. The molecule has 0 unspecified atom stereocenters. The lowest BCUT2D eigenvalue weighted by atomic mass is 9.84.